The van der Waals surface area contributed by atoms with Gasteiger partial charge in [-0.15, -0.1) is 11.3 Å². The van der Waals surface area contributed by atoms with Crippen molar-refractivity contribution in [1.82, 2.24) is 4.90 Å². The summed E-state index contributed by atoms with van der Waals surface area (Å²) in [6, 6.07) is 5.80. The minimum Gasteiger partial charge on any atom is -0.338 e. The van der Waals surface area contributed by atoms with E-state index in [9.17, 15) is 4.79 Å². The zero-order chi connectivity index (χ0) is 12.3. The van der Waals surface area contributed by atoms with Crippen LogP contribution >= 0.6 is 27.3 Å². The van der Waals surface area contributed by atoms with Gasteiger partial charge in [-0.2, -0.15) is 5.26 Å². The molecule has 0 spiro atoms. The van der Waals surface area contributed by atoms with Crippen LogP contribution in [0, 0.1) is 11.3 Å². The van der Waals surface area contributed by atoms with E-state index in [0.717, 1.165) is 34.6 Å². The van der Waals surface area contributed by atoms with Crippen LogP contribution in [0.25, 0.3) is 6.08 Å². The topological polar surface area (TPSA) is 44.1 Å². The Morgan fingerprint density at radius 3 is 2.71 bits per heavy atom. The highest BCUT2D eigenvalue weighted by Gasteiger charge is 2.21. The number of hydrogen-bond donors (Lipinski definition) is 0. The molecule has 0 N–H and O–H groups in total. The molecule has 0 bridgehead atoms. The van der Waals surface area contributed by atoms with Gasteiger partial charge >= 0.3 is 0 Å². The normalized spacial score (nSPS) is 16.0. The van der Waals surface area contributed by atoms with Crippen molar-refractivity contribution in [2.24, 2.45) is 0 Å². The lowest BCUT2D eigenvalue weighted by atomic mass is 10.2. The Labute approximate surface area is 112 Å². The van der Waals surface area contributed by atoms with Gasteiger partial charge in [0.2, 0.25) is 0 Å². The molecule has 0 radical (unpaired) electrons. The number of halogens is 1. The van der Waals surface area contributed by atoms with Crippen molar-refractivity contribution in [2.75, 3.05) is 13.1 Å². The van der Waals surface area contributed by atoms with Crippen molar-refractivity contribution >= 4 is 39.2 Å². The molecule has 88 valence electrons. The second-order valence-corrected chi connectivity index (χ2v) is 6.31. The molecule has 0 aromatic carbocycles. The number of nitrogens with zero attached hydrogens (tertiary/aromatic N) is 2. The summed E-state index contributed by atoms with van der Waals surface area (Å²) in [6.45, 7) is 1.54. The molecule has 1 aliphatic heterocycles. The van der Waals surface area contributed by atoms with Crippen LogP contribution in [-0.2, 0) is 4.79 Å². The highest BCUT2D eigenvalue weighted by atomic mass is 79.9. The number of thiophene rings is 1. The highest BCUT2D eigenvalue weighted by molar-refractivity contribution is 9.11. The second kappa shape index (κ2) is 5.48. The molecule has 3 nitrogen and oxygen atoms in total. The molecule has 1 amide bonds. The Kier molecular flexibility index (Phi) is 3.97. The van der Waals surface area contributed by atoms with E-state index in [1.165, 1.54) is 11.3 Å². The van der Waals surface area contributed by atoms with Crippen molar-refractivity contribution in [2.45, 2.75) is 12.8 Å². The second-order valence-electron chi connectivity index (χ2n) is 3.81. The standard InChI is InChI=1S/C12H11BrN2OS/c13-11-4-3-10(17-11)7-9(8-14)12(16)15-5-1-2-6-15/h3-4,7H,1-2,5-6H2/b9-7+. The summed E-state index contributed by atoms with van der Waals surface area (Å²) in [5.41, 5.74) is 0.223. The lowest BCUT2D eigenvalue weighted by molar-refractivity contribution is -0.125. The van der Waals surface area contributed by atoms with Gasteiger partial charge in [-0.25, -0.2) is 0 Å². The number of rotatable bonds is 2. The molecule has 5 heteroatoms. The Balaban J connectivity index is 2.18. The Hall–Kier alpha value is -1.12. The maximum atomic E-state index is 12.0. The molecule has 0 atom stereocenters. The molecule has 1 aliphatic rings. The van der Waals surface area contributed by atoms with Gasteiger partial charge in [-0.1, -0.05) is 0 Å². The van der Waals surface area contributed by atoms with Gasteiger partial charge in [0.1, 0.15) is 11.6 Å². The van der Waals surface area contributed by atoms with Gasteiger partial charge in [0.15, 0.2) is 0 Å². The molecule has 1 fully saturated rings. The van der Waals surface area contributed by atoms with Gasteiger partial charge in [0, 0.05) is 18.0 Å². The van der Waals surface area contributed by atoms with Gasteiger partial charge < -0.3 is 4.90 Å². The Morgan fingerprint density at radius 2 is 2.18 bits per heavy atom. The van der Waals surface area contributed by atoms with E-state index in [-0.39, 0.29) is 11.5 Å². The first-order valence-corrected chi connectivity index (χ1v) is 6.98. The monoisotopic (exact) mass is 310 g/mol. The first-order valence-electron chi connectivity index (χ1n) is 5.37. The predicted octanol–water partition coefficient (Wildman–Crippen LogP) is 3.04. The zero-order valence-electron chi connectivity index (χ0n) is 9.15. The lowest BCUT2D eigenvalue weighted by Crippen LogP contribution is -2.28. The first-order chi connectivity index (χ1) is 8.20. The summed E-state index contributed by atoms with van der Waals surface area (Å²) in [7, 11) is 0. The third-order valence-electron chi connectivity index (χ3n) is 2.62. The van der Waals surface area contributed by atoms with E-state index in [2.05, 4.69) is 15.9 Å². The molecule has 1 saturated heterocycles. The highest BCUT2D eigenvalue weighted by Crippen LogP contribution is 2.24. The van der Waals surface area contributed by atoms with E-state index in [0.29, 0.717) is 0 Å². The molecule has 0 aliphatic carbocycles. The largest absolute Gasteiger partial charge is 0.338 e. The zero-order valence-corrected chi connectivity index (χ0v) is 11.6. The van der Waals surface area contributed by atoms with Crippen LogP contribution in [-0.4, -0.2) is 23.9 Å². The fraction of sp³-hybridized carbons (Fsp3) is 0.333. The van der Waals surface area contributed by atoms with Gasteiger partial charge in [0.05, 0.1) is 3.79 Å². The van der Waals surface area contributed by atoms with Crippen molar-refractivity contribution in [3.8, 4) is 6.07 Å². The van der Waals surface area contributed by atoms with Crippen molar-refractivity contribution in [1.29, 1.82) is 5.26 Å². The molecule has 2 rings (SSSR count). The number of carbonyl (C=O) groups is 1. The smallest absolute Gasteiger partial charge is 0.264 e. The third kappa shape index (κ3) is 2.96. The number of amides is 1. The summed E-state index contributed by atoms with van der Waals surface area (Å²) < 4.78 is 0.995. The summed E-state index contributed by atoms with van der Waals surface area (Å²) in [5.74, 6) is -0.144. The van der Waals surface area contributed by atoms with E-state index in [1.54, 1.807) is 11.0 Å². The van der Waals surface area contributed by atoms with Crippen LogP contribution in [0.5, 0.6) is 0 Å². The van der Waals surface area contributed by atoms with E-state index in [1.807, 2.05) is 18.2 Å². The molecule has 1 aromatic rings. The summed E-state index contributed by atoms with van der Waals surface area (Å²) in [6.07, 6.45) is 3.74. The summed E-state index contributed by atoms with van der Waals surface area (Å²) >= 11 is 4.87. The molecule has 0 saturated carbocycles. The molecular weight excluding hydrogens is 300 g/mol. The number of likely N-dealkylation sites (tertiary alicyclic amines) is 1. The summed E-state index contributed by atoms with van der Waals surface area (Å²) in [4.78, 5) is 14.7. The van der Waals surface area contributed by atoms with Crippen LogP contribution < -0.4 is 0 Å². The van der Waals surface area contributed by atoms with Crippen LogP contribution in [0.2, 0.25) is 0 Å². The fourth-order valence-corrected chi connectivity index (χ4v) is 3.15. The van der Waals surface area contributed by atoms with E-state index < -0.39 is 0 Å². The SMILES string of the molecule is N#C/C(=C\c1ccc(Br)s1)C(=O)N1CCCC1. The molecule has 17 heavy (non-hydrogen) atoms. The molecular formula is C12H11BrN2OS. The fourth-order valence-electron chi connectivity index (χ4n) is 1.78. The Bertz CT molecular complexity index is 495. The van der Waals surface area contributed by atoms with Gasteiger partial charge in [-0.3, -0.25) is 4.79 Å². The lowest BCUT2D eigenvalue weighted by Gasteiger charge is -2.13. The predicted molar refractivity (Wildman–Crippen MR) is 71.4 cm³/mol. The van der Waals surface area contributed by atoms with Gasteiger partial charge in [-0.05, 0) is 47.0 Å². The van der Waals surface area contributed by atoms with Crippen LogP contribution in [0.15, 0.2) is 21.5 Å². The minimum atomic E-state index is -0.144. The van der Waals surface area contributed by atoms with Crippen molar-refractivity contribution < 1.29 is 4.79 Å². The van der Waals surface area contributed by atoms with Crippen molar-refractivity contribution in [3.05, 3.63) is 26.4 Å². The van der Waals surface area contributed by atoms with E-state index >= 15 is 0 Å². The molecule has 1 aromatic heterocycles. The van der Waals surface area contributed by atoms with Gasteiger partial charge in [0.25, 0.3) is 5.91 Å². The minimum absolute atomic E-state index is 0.144. The third-order valence-corrected chi connectivity index (χ3v) is 4.20. The van der Waals surface area contributed by atoms with Crippen LogP contribution in [0.1, 0.15) is 17.7 Å². The molecule has 2 heterocycles. The first kappa shape index (κ1) is 12.3. The average Bonchev–Trinajstić information content (AvgIpc) is 2.96. The average molecular weight is 311 g/mol. The van der Waals surface area contributed by atoms with Crippen LogP contribution in [0.3, 0.4) is 0 Å². The quantitative estimate of drug-likeness (QED) is 0.622. The number of carbonyl (C=O) groups excluding carboxylic acids is 1. The van der Waals surface area contributed by atoms with E-state index in [4.69, 9.17) is 5.26 Å². The number of hydrogen-bond acceptors (Lipinski definition) is 3. The Morgan fingerprint density at radius 1 is 1.47 bits per heavy atom. The number of nitriles is 1. The van der Waals surface area contributed by atoms with Crippen LogP contribution in [0.4, 0.5) is 0 Å². The van der Waals surface area contributed by atoms with Crippen molar-refractivity contribution in [3.63, 3.8) is 0 Å². The maximum Gasteiger partial charge on any atom is 0.264 e. The molecule has 0 unspecified atom stereocenters. The summed E-state index contributed by atoms with van der Waals surface area (Å²) in [5, 5.41) is 9.05. The maximum absolute atomic E-state index is 12.0.